The zero-order valence-corrected chi connectivity index (χ0v) is 11.3. The minimum Gasteiger partial charge on any atom is -0.312 e. The van der Waals surface area contributed by atoms with E-state index in [0.717, 1.165) is 24.2 Å². The van der Waals surface area contributed by atoms with Crippen LogP contribution in [0.25, 0.3) is 5.82 Å². The van der Waals surface area contributed by atoms with Crippen LogP contribution in [0.15, 0.2) is 21.7 Å². The molecule has 0 saturated carbocycles. The van der Waals surface area contributed by atoms with Gasteiger partial charge in [-0.15, -0.1) is 0 Å². The van der Waals surface area contributed by atoms with Gasteiger partial charge in [-0.2, -0.15) is 5.10 Å². The maximum atomic E-state index is 11.5. The van der Waals surface area contributed by atoms with Gasteiger partial charge in [0.15, 0.2) is 5.82 Å². The molecule has 2 heterocycles. The molecule has 6 heteroatoms. The van der Waals surface area contributed by atoms with Crippen LogP contribution in [0.2, 0.25) is 0 Å². The van der Waals surface area contributed by atoms with Crippen molar-refractivity contribution in [2.45, 2.75) is 26.7 Å². The Morgan fingerprint density at radius 2 is 2.18 bits per heavy atom. The summed E-state index contributed by atoms with van der Waals surface area (Å²) in [5, 5.41) is 4.44. The highest BCUT2D eigenvalue weighted by atomic mass is 79.9. The molecule has 0 aromatic carbocycles. The largest absolute Gasteiger partial charge is 0.312 e. The van der Waals surface area contributed by atoms with Crippen molar-refractivity contribution in [1.82, 2.24) is 19.7 Å². The molecular formula is C11H13BrN4O. The van der Waals surface area contributed by atoms with Gasteiger partial charge in [-0.1, -0.05) is 13.8 Å². The number of hydrogen-bond acceptors (Lipinski definition) is 3. The van der Waals surface area contributed by atoms with Gasteiger partial charge in [0.25, 0.3) is 5.56 Å². The highest BCUT2D eigenvalue weighted by molar-refractivity contribution is 9.10. The Kier molecular flexibility index (Phi) is 3.42. The first-order valence-corrected chi connectivity index (χ1v) is 6.28. The number of hydrogen-bond donors (Lipinski definition) is 1. The normalized spacial score (nSPS) is 10.8. The van der Waals surface area contributed by atoms with Crippen LogP contribution in [0, 0.1) is 0 Å². The molecule has 0 unspecified atom stereocenters. The number of aryl methyl sites for hydroxylation is 2. The van der Waals surface area contributed by atoms with E-state index in [4.69, 9.17) is 0 Å². The second kappa shape index (κ2) is 4.83. The quantitative estimate of drug-likeness (QED) is 0.940. The van der Waals surface area contributed by atoms with Crippen LogP contribution in [0.4, 0.5) is 0 Å². The monoisotopic (exact) mass is 296 g/mol. The predicted octanol–water partition coefficient (Wildman–Crippen LogP) is 1.84. The lowest BCUT2D eigenvalue weighted by Crippen LogP contribution is -2.14. The molecule has 0 amide bonds. The molecule has 0 fully saturated rings. The van der Waals surface area contributed by atoms with Crippen molar-refractivity contribution in [3.8, 4) is 5.82 Å². The predicted molar refractivity (Wildman–Crippen MR) is 68.4 cm³/mol. The molecule has 1 N–H and O–H groups in total. The van der Waals surface area contributed by atoms with E-state index in [-0.39, 0.29) is 5.56 Å². The Balaban J connectivity index is 2.63. The van der Waals surface area contributed by atoms with Crippen LogP contribution in [0.1, 0.15) is 25.2 Å². The van der Waals surface area contributed by atoms with E-state index < -0.39 is 0 Å². The minimum absolute atomic E-state index is 0.203. The smallest absolute Gasteiger partial charge is 0.267 e. The fourth-order valence-electron chi connectivity index (χ4n) is 1.60. The number of rotatable bonds is 3. The maximum Gasteiger partial charge on any atom is 0.267 e. The van der Waals surface area contributed by atoms with Gasteiger partial charge in [0.05, 0.1) is 12.0 Å². The molecule has 5 nitrogen and oxygen atoms in total. The molecule has 2 aromatic heterocycles. The standard InChI is InChI=1S/C11H13BrN4O/c1-3-7-5-8(4-2)16(15-7)10-9(12)11(17)14-6-13-10/h5-6H,3-4H2,1-2H3,(H,13,14,17). The van der Waals surface area contributed by atoms with Crippen molar-refractivity contribution in [2.75, 3.05) is 0 Å². The van der Waals surface area contributed by atoms with Gasteiger partial charge in [-0.05, 0) is 34.8 Å². The van der Waals surface area contributed by atoms with E-state index in [1.165, 1.54) is 6.33 Å². The molecule has 2 aromatic rings. The zero-order valence-electron chi connectivity index (χ0n) is 9.70. The highest BCUT2D eigenvalue weighted by Crippen LogP contribution is 2.17. The summed E-state index contributed by atoms with van der Waals surface area (Å²) in [4.78, 5) is 18.2. The second-order valence-corrected chi connectivity index (χ2v) is 4.41. The average Bonchev–Trinajstić information content (AvgIpc) is 2.76. The Hall–Kier alpha value is -1.43. The van der Waals surface area contributed by atoms with Crippen molar-refractivity contribution in [3.63, 3.8) is 0 Å². The van der Waals surface area contributed by atoms with E-state index in [1.807, 2.05) is 19.9 Å². The SMILES string of the molecule is CCc1cc(CC)n(-c2nc[nH]c(=O)c2Br)n1. The van der Waals surface area contributed by atoms with Gasteiger partial charge in [0.1, 0.15) is 4.47 Å². The molecule has 0 aliphatic heterocycles. The molecule has 0 atom stereocenters. The van der Waals surface area contributed by atoms with Gasteiger partial charge in [-0.3, -0.25) is 4.79 Å². The summed E-state index contributed by atoms with van der Waals surface area (Å²) < 4.78 is 2.12. The molecule has 0 spiro atoms. The summed E-state index contributed by atoms with van der Waals surface area (Å²) in [5.41, 5.74) is 1.84. The summed E-state index contributed by atoms with van der Waals surface area (Å²) in [6, 6.07) is 2.04. The summed E-state index contributed by atoms with van der Waals surface area (Å²) in [5.74, 6) is 0.533. The van der Waals surface area contributed by atoms with Crippen molar-refractivity contribution >= 4 is 15.9 Å². The van der Waals surface area contributed by atoms with E-state index >= 15 is 0 Å². The first kappa shape index (κ1) is 12.0. The summed E-state index contributed by atoms with van der Waals surface area (Å²) >= 11 is 3.24. The number of aromatic nitrogens is 4. The summed E-state index contributed by atoms with van der Waals surface area (Å²) in [6.45, 7) is 4.10. The topological polar surface area (TPSA) is 63.6 Å². The first-order valence-electron chi connectivity index (χ1n) is 5.48. The van der Waals surface area contributed by atoms with Crippen molar-refractivity contribution in [2.24, 2.45) is 0 Å². The van der Waals surface area contributed by atoms with Crippen molar-refractivity contribution in [1.29, 1.82) is 0 Å². The van der Waals surface area contributed by atoms with E-state index in [0.29, 0.717) is 10.3 Å². The number of nitrogens with one attached hydrogen (secondary N) is 1. The lowest BCUT2D eigenvalue weighted by molar-refractivity contribution is 0.761. The van der Waals surface area contributed by atoms with Crippen molar-refractivity contribution < 1.29 is 0 Å². The van der Waals surface area contributed by atoms with Crippen LogP contribution in [0.5, 0.6) is 0 Å². The van der Waals surface area contributed by atoms with Crippen LogP contribution in [-0.2, 0) is 12.8 Å². The van der Waals surface area contributed by atoms with Crippen LogP contribution >= 0.6 is 15.9 Å². The van der Waals surface area contributed by atoms with Gasteiger partial charge in [0, 0.05) is 5.69 Å². The summed E-state index contributed by atoms with van der Waals surface area (Å²) in [7, 11) is 0. The Bertz CT molecular complexity index is 587. The van der Waals surface area contributed by atoms with Gasteiger partial charge < -0.3 is 4.98 Å². The molecule has 0 saturated heterocycles. The molecule has 17 heavy (non-hydrogen) atoms. The second-order valence-electron chi connectivity index (χ2n) is 3.62. The number of aromatic amines is 1. The molecule has 0 aliphatic rings. The third kappa shape index (κ3) is 2.17. The molecule has 0 aliphatic carbocycles. The Labute approximate surface area is 107 Å². The highest BCUT2D eigenvalue weighted by Gasteiger charge is 2.13. The van der Waals surface area contributed by atoms with Crippen LogP contribution in [0.3, 0.4) is 0 Å². The van der Waals surface area contributed by atoms with E-state index in [1.54, 1.807) is 4.68 Å². The maximum absolute atomic E-state index is 11.5. The molecule has 2 rings (SSSR count). The average molecular weight is 297 g/mol. The molecule has 0 radical (unpaired) electrons. The number of halogens is 1. The first-order chi connectivity index (χ1) is 8.17. The zero-order chi connectivity index (χ0) is 12.4. The van der Waals surface area contributed by atoms with Gasteiger partial charge in [-0.25, -0.2) is 9.67 Å². The molecule has 90 valence electrons. The number of H-pyrrole nitrogens is 1. The van der Waals surface area contributed by atoms with E-state index in [9.17, 15) is 4.79 Å². The lowest BCUT2D eigenvalue weighted by Gasteiger charge is -2.05. The fraction of sp³-hybridized carbons (Fsp3) is 0.364. The van der Waals surface area contributed by atoms with Crippen LogP contribution in [-0.4, -0.2) is 19.7 Å². The van der Waals surface area contributed by atoms with Crippen LogP contribution < -0.4 is 5.56 Å². The van der Waals surface area contributed by atoms with Crippen molar-refractivity contribution in [3.05, 3.63) is 38.6 Å². The third-order valence-electron chi connectivity index (χ3n) is 2.54. The number of nitrogens with zero attached hydrogens (tertiary/aromatic N) is 3. The Morgan fingerprint density at radius 3 is 2.82 bits per heavy atom. The van der Waals surface area contributed by atoms with Gasteiger partial charge >= 0.3 is 0 Å². The summed E-state index contributed by atoms with van der Waals surface area (Å²) in [6.07, 6.45) is 3.09. The Morgan fingerprint density at radius 1 is 1.41 bits per heavy atom. The van der Waals surface area contributed by atoms with Gasteiger partial charge in [0.2, 0.25) is 0 Å². The van der Waals surface area contributed by atoms with E-state index in [2.05, 4.69) is 31.0 Å². The molecule has 0 bridgehead atoms. The fourth-order valence-corrected chi connectivity index (χ4v) is 1.99. The molecular weight excluding hydrogens is 284 g/mol. The lowest BCUT2D eigenvalue weighted by atomic mass is 10.2. The minimum atomic E-state index is -0.203. The third-order valence-corrected chi connectivity index (χ3v) is 3.25.